The lowest BCUT2D eigenvalue weighted by Crippen LogP contribution is -2.00. The Labute approximate surface area is 102 Å². The third-order valence-corrected chi connectivity index (χ3v) is 2.80. The average molecular weight is 282 g/mol. The van der Waals surface area contributed by atoms with Gasteiger partial charge in [0, 0.05) is 11.5 Å². The van der Waals surface area contributed by atoms with Crippen LogP contribution in [0.5, 0.6) is 5.75 Å². The number of ether oxygens (including phenoxy) is 1. The molecule has 0 atom stereocenters. The van der Waals surface area contributed by atoms with E-state index < -0.39 is 0 Å². The quantitative estimate of drug-likeness (QED) is 0.807. The van der Waals surface area contributed by atoms with E-state index in [4.69, 9.17) is 4.74 Å². The molecule has 0 saturated carbocycles. The van der Waals surface area contributed by atoms with Crippen LogP contribution in [-0.4, -0.2) is 22.1 Å². The number of hydrogen-bond donors (Lipinski definition) is 0. The van der Waals surface area contributed by atoms with Gasteiger partial charge in [-0.3, -0.25) is 0 Å². The highest BCUT2D eigenvalue weighted by molar-refractivity contribution is 9.08. The molecule has 1 heterocycles. The van der Waals surface area contributed by atoms with Crippen LogP contribution in [0.3, 0.4) is 0 Å². The number of alkyl halides is 1. The highest BCUT2D eigenvalue weighted by Crippen LogP contribution is 2.12. The Hall–Kier alpha value is -1.36. The lowest BCUT2D eigenvalue weighted by molar-refractivity contribution is 0.414. The molecule has 0 unspecified atom stereocenters. The van der Waals surface area contributed by atoms with Gasteiger partial charge >= 0.3 is 0 Å². The second kappa shape index (κ2) is 5.12. The summed E-state index contributed by atoms with van der Waals surface area (Å²) in [5, 5.41) is 8.77. The van der Waals surface area contributed by atoms with Gasteiger partial charge in [-0.15, -0.1) is 5.10 Å². The molecule has 0 aliphatic carbocycles. The molecule has 0 aliphatic rings. The first-order valence-corrected chi connectivity index (χ1v) is 6.02. The summed E-state index contributed by atoms with van der Waals surface area (Å²) in [5.41, 5.74) is 2.11. The second-order valence-corrected chi connectivity index (χ2v) is 3.95. The topological polar surface area (TPSA) is 39.9 Å². The molecule has 84 valence electrons. The molecule has 16 heavy (non-hydrogen) atoms. The molecule has 0 fully saturated rings. The van der Waals surface area contributed by atoms with Crippen molar-refractivity contribution < 1.29 is 4.74 Å². The maximum Gasteiger partial charge on any atom is 0.118 e. The predicted molar refractivity (Wildman–Crippen MR) is 64.7 cm³/mol. The standard InChI is InChI=1S/C11H12BrN3O/c1-16-11-4-2-9(3-5-11)7-15-8-10(6-12)13-14-15/h2-5,8H,6-7H2,1H3. The van der Waals surface area contributed by atoms with Gasteiger partial charge in [-0.2, -0.15) is 0 Å². The summed E-state index contributed by atoms with van der Waals surface area (Å²) in [5.74, 6) is 0.864. The summed E-state index contributed by atoms with van der Waals surface area (Å²) >= 11 is 3.34. The first kappa shape index (κ1) is 11.1. The van der Waals surface area contributed by atoms with E-state index in [0.29, 0.717) is 0 Å². The molecule has 0 aliphatic heterocycles. The molecule has 1 aromatic carbocycles. The number of benzene rings is 1. The fourth-order valence-corrected chi connectivity index (χ4v) is 1.65. The average Bonchev–Trinajstić information content (AvgIpc) is 2.78. The molecular weight excluding hydrogens is 270 g/mol. The van der Waals surface area contributed by atoms with E-state index >= 15 is 0 Å². The minimum atomic E-state index is 0.726. The molecule has 0 radical (unpaired) electrons. The summed E-state index contributed by atoms with van der Waals surface area (Å²) < 4.78 is 6.92. The molecule has 2 rings (SSSR count). The van der Waals surface area contributed by atoms with Crippen LogP contribution in [0.1, 0.15) is 11.3 Å². The van der Waals surface area contributed by atoms with Crippen molar-refractivity contribution in [1.29, 1.82) is 0 Å². The minimum Gasteiger partial charge on any atom is -0.497 e. The summed E-state index contributed by atoms with van der Waals surface area (Å²) in [7, 11) is 1.66. The number of rotatable bonds is 4. The number of aromatic nitrogens is 3. The van der Waals surface area contributed by atoms with Gasteiger partial charge in [-0.1, -0.05) is 33.3 Å². The molecule has 4 nitrogen and oxygen atoms in total. The third-order valence-electron chi connectivity index (χ3n) is 2.23. The Bertz CT molecular complexity index is 453. The van der Waals surface area contributed by atoms with Crippen molar-refractivity contribution in [2.75, 3.05) is 7.11 Å². The zero-order valence-electron chi connectivity index (χ0n) is 8.93. The lowest BCUT2D eigenvalue weighted by Gasteiger charge is -2.02. The fourth-order valence-electron chi connectivity index (χ4n) is 1.40. The van der Waals surface area contributed by atoms with E-state index in [1.165, 1.54) is 5.56 Å². The maximum absolute atomic E-state index is 5.10. The second-order valence-electron chi connectivity index (χ2n) is 3.39. The minimum absolute atomic E-state index is 0.726. The van der Waals surface area contributed by atoms with Crippen LogP contribution in [-0.2, 0) is 11.9 Å². The van der Waals surface area contributed by atoms with Crippen LogP contribution >= 0.6 is 15.9 Å². The molecule has 0 amide bonds. The van der Waals surface area contributed by atoms with Gasteiger partial charge in [0.15, 0.2) is 0 Å². The first-order chi connectivity index (χ1) is 7.81. The molecule has 2 aromatic rings. The Morgan fingerprint density at radius 2 is 2.06 bits per heavy atom. The van der Waals surface area contributed by atoms with Crippen LogP contribution in [0.25, 0.3) is 0 Å². The van der Waals surface area contributed by atoms with E-state index in [2.05, 4.69) is 26.2 Å². The van der Waals surface area contributed by atoms with E-state index in [1.807, 2.05) is 35.1 Å². The van der Waals surface area contributed by atoms with Crippen LogP contribution in [0.4, 0.5) is 0 Å². The first-order valence-electron chi connectivity index (χ1n) is 4.89. The van der Waals surface area contributed by atoms with E-state index in [0.717, 1.165) is 23.3 Å². The van der Waals surface area contributed by atoms with Gasteiger partial charge in [0.1, 0.15) is 5.75 Å². The number of halogens is 1. The summed E-state index contributed by atoms with van der Waals surface area (Å²) in [6.07, 6.45) is 1.93. The molecule has 0 N–H and O–H groups in total. The highest BCUT2D eigenvalue weighted by Gasteiger charge is 2.00. The predicted octanol–water partition coefficient (Wildman–Crippen LogP) is 2.23. The van der Waals surface area contributed by atoms with Gasteiger partial charge in [-0.25, -0.2) is 4.68 Å². The van der Waals surface area contributed by atoms with Crippen LogP contribution in [0.15, 0.2) is 30.5 Å². The van der Waals surface area contributed by atoms with E-state index in [-0.39, 0.29) is 0 Å². The Kier molecular flexibility index (Phi) is 3.56. The largest absolute Gasteiger partial charge is 0.497 e. The van der Waals surface area contributed by atoms with Crippen molar-refractivity contribution in [3.63, 3.8) is 0 Å². The van der Waals surface area contributed by atoms with Crippen molar-refractivity contribution in [3.8, 4) is 5.75 Å². The van der Waals surface area contributed by atoms with Crippen molar-refractivity contribution in [2.24, 2.45) is 0 Å². The van der Waals surface area contributed by atoms with Gasteiger partial charge in [-0.05, 0) is 17.7 Å². The molecular formula is C11H12BrN3O. The number of methoxy groups -OCH3 is 1. The Balaban J connectivity index is 2.08. The number of hydrogen-bond acceptors (Lipinski definition) is 3. The number of nitrogens with zero attached hydrogens (tertiary/aromatic N) is 3. The van der Waals surface area contributed by atoms with E-state index in [1.54, 1.807) is 7.11 Å². The zero-order valence-corrected chi connectivity index (χ0v) is 10.5. The van der Waals surface area contributed by atoms with Gasteiger partial charge < -0.3 is 4.74 Å². The summed E-state index contributed by atoms with van der Waals surface area (Å²) in [6, 6.07) is 7.93. The zero-order chi connectivity index (χ0) is 11.4. The maximum atomic E-state index is 5.10. The smallest absolute Gasteiger partial charge is 0.118 e. The Morgan fingerprint density at radius 1 is 1.31 bits per heavy atom. The van der Waals surface area contributed by atoms with Crippen molar-refractivity contribution >= 4 is 15.9 Å². The monoisotopic (exact) mass is 281 g/mol. The summed E-state index contributed by atoms with van der Waals surface area (Å²) in [4.78, 5) is 0. The van der Waals surface area contributed by atoms with Gasteiger partial charge in [0.05, 0.1) is 19.3 Å². The lowest BCUT2D eigenvalue weighted by atomic mass is 10.2. The molecule has 0 bridgehead atoms. The van der Waals surface area contributed by atoms with Gasteiger partial charge in [0.2, 0.25) is 0 Å². The molecule has 5 heteroatoms. The fraction of sp³-hybridized carbons (Fsp3) is 0.273. The Morgan fingerprint density at radius 3 is 2.62 bits per heavy atom. The molecule has 1 aromatic heterocycles. The molecule has 0 saturated heterocycles. The van der Waals surface area contributed by atoms with Crippen LogP contribution in [0.2, 0.25) is 0 Å². The van der Waals surface area contributed by atoms with Crippen LogP contribution < -0.4 is 4.74 Å². The van der Waals surface area contributed by atoms with Gasteiger partial charge in [0.25, 0.3) is 0 Å². The third kappa shape index (κ3) is 2.61. The highest BCUT2D eigenvalue weighted by atomic mass is 79.9. The van der Waals surface area contributed by atoms with Crippen molar-refractivity contribution in [3.05, 3.63) is 41.7 Å². The van der Waals surface area contributed by atoms with Crippen LogP contribution in [0, 0.1) is 0 Å². The van der Waals surface area contributed by atoms with Crippen molar-refractivity contribution in [1.82, 2.24) is 15.0 Å². The van der Waals surface area contributed by atoms with E-state index in [9.17, 15) is 0 Å². The van der Waals surface area contributed by atoms with Crippen molar-refractivity contribution in [2.45, 2.75) is 11.9 Å². The molecule has 0 spiro atoms. The SMILES string of the molecule is COc1ccc(Cn2cc(CBr)nn2)cc1. The summed E-state index contributed by atoms with van der Waals surface area (Å²) in [6.45, 7) is 0.726. The normalized spacial score (nSPS) is 10.4.